The van der Waals surface area contributed by atoms with Crippen molar-refractivity contribution in [1.82, 2.24) is 20.3 Å². The number of rotatable bonds is 13. The van der Waals surface area contributed by atoms with E-state index in [0.717, 1.165) is 5.69 Å². The molecule has 0 aliphatic carbocycles. The minimum atomic E-state index is -1.26. The summed E-state index contributed by atoms with van der Waals surface area (Å²) in [5.41, 5.74) is 1.94. The molecular weight excluding hydrogens is 490 g/mol. The highest BCUT2D eigenvalue weighted by atomic mass is 16.6. The van der Waals surface area contributed by atoms with Gasteiger partial charge in [0.05, 0.1) is 52.3 Å². The van der Waals surface area contributed by atoms with Gasteiger partial charge < -0.3 is 45.2 Å². The van der Waals surface area contributed by atoms with Gasteiger partial charge in [-0.1, -0.05) is 10.4 Å². The Hall–Kier alpha value is -3.92. The van der Waals surface area contributed by atoms with Gasteiger partial charge in [-0.15, -0.1) is 5.10 Å². The Bertz CT molecular complexity index is 1010. The Morgan fingerprint density at radius 2 is 1.84 bits per heavy atom. The molecule has 1 aromatic heterocycles. The van der Waals surface area contributed by atoms with Gasteiger partial charge in [-0.25, -0.2) is 4.68 Å². The number of nitrogens with one attached hydrogen (secondary N) is 2. The predicted molar refractivity (Wildman–Crippen MR) is 129 cm³/mol. The maximum absolute atomic E-state index is 12.0. The summed E-state index contributed by atoms with van der Waals surface area (Å²) in [7, 11) is 5.82. The minimum absolute atomic E-state index is 0.0317. The summed E-state index contributed by atoms with van der Waals surface area (Å²) >= 11 is 0. The van der Waals surface area contributed by atoms with Crippen LogP contribution in [-0.4, -0.2) is 112 Å². The molecule has 0 fully saturated rings. The van der Waals surface area contributed by atoms with Crippen molar-refractivity contribution in [2.24, 2.45) is 5.16 Å². The third-order valence-electron chi connectivity index (χ3n) is 4.36. The standard InChI is InChI=1S/C21H31N7O6.CH2O2/c1-28(2,3)12-20(32)24-15-4-6-17(7-5-15)27-11-16(25-26-27)10-22-21(33)14-34-23-9-8-18(30)19(31)13-29;2-1-3/h4-7,9,11,18-19,29-31H,8,10,12-14H2,1-3H3,(H-,22,24,32,33);1H,(H,2,3)/t18-,19+;/m0./s1. The summed E-state index contributed by atoms with van der Waals surface area (Å²) in [6.45, 7) is -0.921. The molecule has 0 saturated heterocycles. The highest BCUT2D eigenvalue weighted by Crippen LogP contribution is 2.13. The minimum Gasteiger partial charge on any atom is -0.554 e. The molecule has 1 aromatic carbocycles. The number of likely N-dealkylation sites (N-methyl/N-ethyl adjacent to an activating group) is 1. The highest BCUT2D eigenvalue weighted by Gasteiger charge is 2.15. The second-order valence-corrected chi connectivity index (χ2v) is 8.69. The average Bonchev–Trinajstić information content (AvgIpc) is 3.30. The van der Waals surface area contributed by atoms with E-state index in [0.29, 0.717) is 22.4 Å². The van der Waals surface area contributed by atoms with Gasteiger partial charge in [-0.3, -0.25) is 9.59 Å². The molecule has 0 unspecified atom stereocenters. The van der Waals surface area contributed by atoms with Crippen molar-refractivity contribution >= 4 is 30.2 Å². The van der Waals surface area contributed by atoms with Crippen molar-refractivity contribution in [3.8, 4) is 5.69 Å². The van der Waals surface area contributed by atoms with Crippen LogP contribution in [0.25, 0.3) is 5.69 Å². The summed E-state index contributed by atoms with van der Waals surface area (Å²) in [5, 5.41) is 52.6. The Balaban J connectivity index is 0.00000217. The molecule has 0 saturated carbocycles. The summed E-state index contributed by atoms with van der Waals surface area (Å²) in [4.78, 5) is 36.9. The van der Waals surface area contributed by atoms with Crippen LogP contribution in [0.4, 0.5) is 5.69 Å². The molecular formula is C22H33N7O8. The van der Waals surface area contributed by atoms with Crippen LogP contribution in [-0.2, 0) is 25.8 Å². The lowest BCUT2D eigenvalue weighted by Gasteiger charge is -2.22. The number of benzene rings is 1. The first-order chi connectivity index (χ1) is 17.5. The van der Waals surface area contributed by atoms with E-state index in [1.165, 1.54) is 6.21 Å². The zero-order valence-electron chi connectivity index (χ0n) is 20.9. The topological polar surface area (TPSA) is 211 Å². The van der Waals surface area contributed by atoms with E-state index in [1.54, 1.807) is 35.1 Å². The van der Waals surface area contributed by atoms with Crippen LogP contribution in [0.15, 0.2) is 35.6 Å². The van der Waals surface area contributed by atoms with Crippen molar-refractivity contribution in [2.45, 2.75) is 25.2 Å². The first kappa shape index (κ1) is 31.1. The van der Waals surface area contributed by atoms with E-state index in [9.17, 15) is 19.8 Å². The lowest BCUT2D eigenvalue weighted by atomic mass is 10.2. The van der Waals surface area contributed by atoms with E-state index in [2.05, 4.69) is 26.1 Å². The third-order valence-corrected chi connectivity index (χ3v) is 4.36. The molecule has 2 amide bonds. The Labute approximate surface area is 213 Å². The number of aliphatic hydroxyl groups is 3. The van der Waals surface area contributed by atoms with Crippen LogP contribution in [0.2, 0.25) is 0 Å². The quantitative estimate of drug-likeness (QED) is 0.0777. The monoisotopic (exact) mass is 523 g/mol. The number of nitrogens with zero attached hydrogens (tertiary/aromatic N) is 5. The van der Waals surface area contributed by atoms with Gasteiger partial charge in [0, 0.05) is 24.8 Å². The van der Waals surface area contributed by atoms with E-state index in [-0.39, 0.29) is 25.5 Å². The van der Waals surface area contributed by atoms with Gasteiger partial charge in [0.15, 0.2) is 13.2 Å². The smallest absolute Gasteiger partial charge is 0.279 e. The fourth-order valence-electron chi connectivity index (χ4n) is 2.65. The Morgan fingerprint density at radius 1 is 1.19 bits per heavy atom. The molecule has 2 aromatic rings. The van der Waals surface area contributed by atoms with Crippen molar-refractivity contribution in [3.63, 3.8) is 0 Å². The number of hydrogen-bond donors (Lipinski definition) is 5. The van der Waals surface area contributed by atoms with Crippen LogP contribution < -0.4 is 15.7 Å². The number of aliphatic hydroxyl groups excluding tert-OH is 3. The first-order valence-electron chi connectivity index (χ1n) is 11.0. The number of aromatic nitrogens is 3. The van der Waals surface area contributed by atoms with Crippen LogP contribution in [0.5, 0.6) is 0 Å². The zero-order valence-corrected chi connectivity index (χ0v) is 20.9. The zero-order chi connectivity index (χ0) is 27.8. The number of amides is 2. The number of carbonyl (C=O) groups is 3. The van der Waals surface area contributed by atoms with E-state index < -0.39 is 31.2 Å². The average molecular weight is 524 g/mol. The van der Waals surface area contributed by atoms with Crippen LogP contribution in [0.1, 0.15) is 12.1 Å². The lowest BCUT2D eigenvalue weighted by molar-refractivity contribution is -0.861. The van der Waals surface area contributed by atoms with Gasteiger partial charge in [0.2, 0.25) is 0 Å². The molecule has 5 N–H and O–H groups in total. The summed E-state index contributed by atoms with van der Waals surface area (Å²) in [6, 6.07) is 7.13. The maximum Gasteiger partial charge on any atom is 0.279 e. The molecule has 0 bridgehead atoms. The molecule has 1 heterocycles. The molecule has 15 nitrogen and oxygen atoms in total. The SMILES string of the molecule is C[N+](C)(C)CC(=O)Nc1ccc(-n2cc(CNC(=O)CON=CC[C@H](O)[C@H](O)CO)nn2)cc1.O=C[O-]. The van der Waals surface area contributed by atoms with Gasteiger partial charge in [0.1, 0.15) is 11.8 Å². The summed E-state index contributed by atoms with van der Waals surface area (Å²) in [5.74, 6) is -0.511. The molecule has 2 rings (SSSR count). The van der Waals surface area contributed by atoms with Gasteiger partial charge >= 0.3 is 0 Å². The van der Waals surface area contributed by atoms with Gasteiger partial charge in [-0.05, 0) is 24.3 Å². The van der Waals surface area contributed by atoms with Crippen molar-refractivity contribution < 1.29 is 44.1 Å². The molecule has 0 radical (unpaired) electrons. The molecule has 37 heavy (non-hydrogen) atoms. The van der Waals surface area contributed by atoms with E-state index in [4.69, 9.17) is 19.8 Å². The fraction of sp³-hybridized carbons (Fsp3) is 0.455. The molecule has 0 spiro atoms. The molecule has 15 heteroatoms. The predicted octanol–water partition coefficient (Wildman–Crippen LogP) is -3.00. The maximum atomic E-state index is 12.0. The second-order valence-electron chi connectivity index (χ2n) is 8.69. The van der Waals surface area contributed by atoms with Crippen LogP contribution in [0, 0.1) is 0 Å². The van der Waals surface area contributed by atoms with E-state index >= 15 is 0 Å². The molecule has 0 aliphatic rings. The van der Waals surface area contributed by atoms with Gasteiger partial charge in [-0.2, -0.15) is 0 Å². The number of carboxylic acid groups (broad SMARTS) is 1. The highest BCUT2D eigenvalue weighted by molar-refractivity contribution is 5.91. The van der Waals surface area contributed by atoms with Crippen molar-refractivity contribution in [3.05, 3.63) is 36.2 Å². The Morgan fingerprint density at radius 3 is 2.43 bits per heavy atom. The fourth-order valence-corrected chi connectivity index (χ4v) is 2.65. The number of quaternary nitrogens is 1. The normalized spacial score (nSPS) is 12.7. The molecule has 204 valence electrons. The second kappa shape index (κ2) is 15.9. The summed E-state index contributed by atoms with van der Waals surface area (Å²) in [6.07, 6.45) is 0.396. The van der Waals surface area contributed by atoms with Gasteiger partial charge in [0.25, 0.3) is 11.8 Å². The first-order valence-corrected chi connectivity index (χ1v) is 11.0. The number of hydrogen-bond acceptors (Lipinski definition) is 11. The van der Waals surface area contributed by atoms with Crippen LogP contribution >= 0.6 is 0 Å². The Kier molecular flexibility index (Phi) is 13.4. The number of oxime groups is 1. The third kappa shape index (κ3) is 13.1. The van der Waals surface area contributed by atoms with Crippen LogP contribution in [0.3, 0.4) is 0 Å². The van der Waals surface area contributed by atoms with Crippen molar-refractivity contribution in [1.29, 1.82) is 0 Å². The molecule has 0 aliphatic heterocycles. The number of anilines is 1. The lowest BCUT2D eigenvalue weighted by Crippen LogP contribution is -2.41. The molecule has 2 atom stereocenters. The largest absolute Gasteiger partial charge is 0.554 e. The van der Waals surface area contributed by atoms with Crippen molar-refractivity contribution in [2.75, 3.05) is 46.2 Å². The summed E-state index contributed by atoms with van der Waals surface area (Å²) < 4.78 is 2.08. The number of carbonyl (C=O) groups excluding carboxylic acids is 3. The van der Waals surface area contributed by atoms with E-state index in [1.807, 2.05) is 21.1 Å².